The van der Waals surface area contributed by atoms with Gasteiger partial charge in [0.15, 0.2) is 0 Å². The van der Waals surface area contributed by atoms with E-state index >= 15 is 0 Å². The Morgan fingerprint density at radius 2 is 1.82 bits per heavy atom. The van der Waals surface area contributed by atoms with Crippen LogP contribution in [0.1, 0.15) is 48.5 Å². The molecule has 0 N–H and O–H groups in total. The van der Waals surface area contributed by atoms with E-state index in [9.17, 15) is 9.59 Å². The van der Waals surface area contributed by atoms with Crippen LogP contribution in [-0.2, 0) is 11.2 Å². The van der Waals surface area contributed by atoms with Gasteiger partial charge in [0.1, 0.15) is 5.75 Å². The SMILES string of the molecule is CC(=O)Oc1ccc(C(=O)N2CCC3(C=CCCC3)Cc3ccccc32)cc1. The lowest BCUT2D eigenvalue weighted by Gasteiger charge is -2.32. The number of esters is 1. The largest absolute Gasteiger partial charge is 0.427 e. The number of amides is 1. The summed E-state index contributed by atoms with van der Waals surface area (Å²) in [6.45, 7) is 2.06. The minimum atomic E-state index is -0.369. The molecule has 0 saturated heterocycles. The first-order valence-electron chi connectivity index (χ1n) is 9.92. The van der Waals surface area contributed by atoms with Crippen molar-refractivity contribution in [2.75, 3.05) is 11.4 Å². The fourth-order valence-electron chi connectivity index (χ4n) is 4.39. The second-order valence-electron chi connectivity index (χ2n) is 7.79. The molecule has 1 amide bonds. The van der Waals surface area contributed by atoms with Crippen molar-refractivity contribution in [3.63, 3.8) is 0 Å². The van der Waals surface area contributed by atoms with Crippen molar-refractivity contribution >= 4 is 17.6 Å². The summed E-state index contributed by atoms with van der Waals surface area (Å²) in [5.74, 6) is 0.0663. The minimum absolute atomic E-state index is 0.0151. The Labute approximate surface area is 165 Å². The standard InChI is InChI=1S/C24H25NO3/c1-18(26)28-21-11-9-19(10-12-21)23(27)25-16-15-24(13-5-2-6-14-24)17-20-7-3-4-8-22(20)25/h3-5,7-13H,2,6,14-17H2,1H3. The van der Waals surface area contributed by atoms with Crippen molar-refractivity contribution < 1.29 is 14.3 Å². The van der Waals surface area contributed by atoms with Crippen LogP contribution in [-0.4, -0.2) is 18.4 Å². The van der Waals surface area contributed by atoms with Crippen LogP contribution in [0.2, 0.25) is 0 Å². The maximum Gasteiger partial charge on any atom is 0.308 e. The average molecular weight is 375 g/mol. The molecule has 1 unspecified atom stereocenters. The van der Waals surface area contributed by atoms with Crippen LogP contribution in [0.25, 0.3) is 0 Å². The topological polar surface area (TPSA) is 46.6 Å². The van der Waals surface area contributed by atoms with Crippen LogP contribution < -0.4 is 9.64 Å². The van der Waals surface area contributed by atoms with Gasteiger partial charge in [0.05, 0.1) is 0 Å². The molecule has 2 aliphatic rings. The quantitative estimate of drug-likeness (QED) is 0.425. The number of anilines is 1. The molecule has 0 saturated carbocycles. The average Bonchev–Trinajstić information content (AvgIpc) is 2.85. The molecular weight excluding hydrogens is 350 g/mol. The molecule has 1 atom stereocenters. The lowest BCUT2D eigenvalue weighted by molar-refractivity contribution is -0.131. The Morgan fingerprint density at radius 3 is 2.54 bits per heavy atom. The van der Waals surface area contributed by atoms with Gasteiger partial charge in [-0.15, -0.1) is 0 Å². The summed E-state index contributed by atoms with van der Waals surface area (Å²) in [6, 6.07) is 15.0. The van der Waals surface area contributed by atoms with Gasteiger partial charge in [-0.2, -0.15) is 0 Å². The van der Waals surface area contributed by atoms with Crippen LogP contribution in [0.5, 0.6) is 5.75 Å². The van der Waals surface area contributed by atoms with E-state index in [1.165, 1.54) is 25.3 Å². The van der Waals surface area contributed by atoms with E-state index in [4.69, 9.17) is 4.74 Å². The number of ether oxygens (including phenoxy) is 1. The molecule has 4 nitrogen and oxygen atoms in total. The number of benzene rings is 2. The predicted molar refractivity (Wildman–Crippen MR) is 110 cm³/mol. The van der Waals surface area contributed by atoms with Gasteiger partial charge in [-0.1, -0.05) is 30.4 Å². The number of allylic oxidation sites excluding steroid dienone is 2. The molecule has 0 radical (unpaired) electrons. The molecule has 0 bridgehead atoms. The third-order valence-corrected chi connectivity index (χ3v) is 5.78. The number of carbonyl (C=O) groups is 2. The first-order valence-corrected chi connectivity index (χ1v) is 9.92. The summed E-state index contributed by atoms with van der Waals surface area (Å²) in [4.78, 5) is 26.3. The second-order valence-corrected chi connectivity index (χ2v) is 7.79. The van der Waals surface area contributed by atoms with Crippen molar-refractivity contribution in [2.45, 2.75) is 39.0 Å². The van der Waals surface area contributed by atoms with Crippen LogP contribution in [0.15, 0.2) is 60.7 Å². The monoisotopic (exact) mass is 375 g/mol. The normalized spacial score (nSPS) is 21.1. The van der Waals surface area contributed by atoms with Crippen molar-refractivity contribution in [1.29, 1.82) is 0 Å². The third kappa shape index (κ3) is 3.72. The lowest BCUT2D eigenvalue weighted by Crippen LogP contribution is -2.33. The third-order valence-electron chi connectivity index (χ3n) is 5.78. The Morgan fingerprint density at radius 1 is 1.04 bits per heavy atom. The van der Waals surface area contributed by atoms with Crippen LogP contribution in [0, 0.1) is 5.41 Å². The zero-order valence-electron chi connectivity index (χ0n) is 16.2. The summed E-state index contributed by atoms with van der Waals surface area (Å²) < 4.78 is 5.07. The van der Waals surface area contributed by atoms with E-state index in [1.54, 1.807) is 24.3 Å². The molecule has 1 aliphatic heterocycles. The summed E-state index contributed by atoms with van der Waals surface area (Å²) in [5, 5.41) is 0. The molecular formula is C24H25NO3. The van der Waals surface area contributed by atoms with Crippen LogP contribution in [0.4, 0.5) is 5.69 Å². The Bertz CT molecular complexity index is 916. The molecule has 4 rings (SSSR count). The molecule has 1 aliphatic carbocycles. The summed E-state index contributed by atoms with van der Waals surface area (Å²) >= 11 is 0. The Balaban J connectivity index is 1.64. The van der Waals surface area contributed by atoms with Crippen molar-refractivity contribution in [2.24, 2.45) is 5.41 Å². The van der Waals surface area contributed by atoms with E-state index in [0.29, 0.717) is 17.9 Å². The van der Waals surface area contributed by atoms with Gasteiger partial charge in [-0.3, -0.25) is 9.59 Å². The van der Waals surface area contributed by atoms with Crippen molar-refractivity contribution in [3.05, 3.63) is 71.8 Å². The highest BCUT2D eigenvalue weighted by molar-refractivity contribution is 6.06. The van der Waals surface area contributed by atoms with E-state index in [2.05, 4.69) is 24.3 Å². The molecule has 0 fully saturated rings. The number of nitrogens with zero attached hydrogens (tertiary/aromatic N) is 1. The van der Waals surface area contributed by atoms with Crippen LogP contribution >= 0.6 is 0 Å². The highest BCUT2D eigenvalue weighted by Crippen LogP contribution is 2.43. The van der Waals surface area contributed by atoms with Gasteiger partial charge >= 0.3 is 5.97 Å². The molecule has 1 spiro atoms. The molecule has 2 aromatic carbocycles. The molecule has 0 aromatic heterocycles. The number of para-hydroxylation sites is 1. The van der Waals surface area contributed by atoms with Crippen molar-refractivity contribution in [3.8, 4) is 5.75 Å². The van der Waals surface area contributed by atoms with E-state index in [0.717, 1.165) is 24.9 Å². The fourth-order valence-corrected chi connectivity index (χ4v) is 4.39. The maximum atomic E-state index is 13.3. The van der Waals surface area contributed by atoms with E-state index < -0.39 is 0 Å². The first-order chi connectivity index (χ1) is 13.6. The summed E-state index contributed by atoms with van der Waals surface area (Å²) in [7, 11) is 0. The van der Waals surface area contributed by atoms with Gasteiger partial charge in [-0.25, -0.2) is 0 Å². The van der Waals surface area contributed by atoms with Gasteiger partial charge in [-0.05, 0) is 73.4 Å². The van der Waals surface area contributed by atoms with E-state index in [-0.39, 0.29) is 17.3 Å². The van der Waals surface area contributed by atoms with Gasteiger partial charge in [0.2, 0.25) is 0 Å². The highest BCUT2D eigenvalue weighted by atomic mass is 16.5. The Hall–Kier alpha value is -2.88. The lowest BCUT2D eigenvalue weighted by atomic mass is 9.72. The molecule has 2 aromatic rings. The summed E-state index contributed by atoms with van der Waals surface area (Å²) in [5.41, 5.74) is 2.99. The molecule has 28 heavy (non-hydrogen) atoms. The number of rotatable bonds is 2. The first kappa shape index (κ1) is 18.5. The zero-order valence-corrected chi connectivity index (χ0v) is 16.2. The van der Waals surface area contributed by atoms with Gasteiger partial charge in [0.25, 0.3) is 5.91 Å². The second kappa shape index (κ2) is 7.63. The molecule has 1 heterocycles. The Kier molecular flexibility index (Phi) is 5.03. The zero-order chi connectivity index (χ0) is 19.6. The number of hydrogen-bond donors (Lipinski definition) is 0. The fraction of sp³-hybridized carbons (Fsp3) is 0.333. The number of hydrogen-bond acceptors (Lipinski definition) is 3. The van der Waals surface area contributed by atoms with Gasteiger partial charge in [0, 0.05) is 24.7 Å². The minimum Gasteiger partial charge on any atom is -0.427 e. The highest BCUT2D eigenvalue weighted by Gasteiger charge is 2.35. The maximum absolute atomic E-state index is 13.3. The van der Waals surface area contributed by atoms with Gasteiger partial charge < -0.3 is 9.64 Å². The molecule has 4 heteroatoms. The van der Waals surface area contributed by atoms with Crippen molar-refractivity contribution in [1.82, 2.24) is 0 Å². The predicted octanol–water partition coefficient (Wildman–Crippen LogP) is 4.93. The summed E-state index contributed by atoms with van der Waals surface area (Å²) in [6.07, 6.45) is 10.2. The van der Waals surface area contributed by atoms with Crippen LogP contribution in [0.3, 0.4) is 0 Å². The van der Waals surface area contributed by atoms with E-state index in [1.807, 2.05) is 17.0 Å². The smallest absolute Gasteiger partial charge is 0.308 e. The number of carbonyl (C=O) groups excluding carboxylic acids is 2. The number of fused-ring (bicyclic) bond motifs is 1. The molecule has 144 valence electrons.